The second-order valence-electron chi connectivity index (χ2n) is 7.83. The minimum Gasteiger partial charge on any atom is -0.289 e. The molecule has 5 rings (SSSR count). The van der Waals surface area contributed by atoms with E-state index in [1.54, 1.807) is 29.1 Å². The minimum absolute atomic E-state index is 0.0618. The summed E-state index contributed by atoms with van der Waals surface area (Å²) >= 11 is 6.57. The monoisotopic (exact) mass is 499 g/mol. The van der Waals surface area contributed by atoms with E-state index in [0.717, 1.165) is 17.4 Å². The van der Waals surface area contributed by atoms with E-state index in [0.29, 0.717) is 32.5 Å². The Morgan fingerprint density at radius 3 is 2.52 bits per heavy atom. The summed E-state index contributed by atoms with van der Waals surface area (Å²) in [6, 6.07) is 15.1. The number of hydrogen-bond acceptors (Lipinski definition) is 6. The van der Waals surface area contributed by atoms with Crippen molar-refractivity contribution in [3.63, 3.8) is 0 Å². The molecule has 1 unspecified atom stereocenters. The topological polar surface area (TPSA) is 72.3 Å². The van der Waals surface area contributed by atoms with E-state index >= 15 is 0 Å². The second-order valence-corrected chi connectivity index (χ2v) is 11.7. The van der Waals surface area contributed by atoms with Crippen LogP contribution in [-0.2, 0) is 14.6 Å². The number of sulfone groups is 1. The van der Waals surface area contributed by atoms with Gasteiger partial charge in [0.05, 0.1) is 33.8 Å². The zero-order valence-electron chi connectivity index (χ0n) is 17.2. The molecule has 1 amide bonds. The van der Waals surface area contributed by atoms with Crippen LogP contribution < -0.4 is 0 Å². The first-order valence-electron chi connectivity index (χ1n) is 10.2. The van der Waals surface area contributed by atoms with Gasteiger partial charge in [-0.2, -0.15) is 5.10 Å². The number of thioether (sulfide) groups is 1. The van der Waals surface area contributed by atoms with Crippen LogP contribution in [0.3, 0.4) is 0 Å². The van der Waals surface area contributed by atoms with E-state index in [9.17, 15) is 17.6 Å². The average molecular weight is 500 g/mol. The summed E-state index contributed by atoms with van der Waals surface area (Å²) in [6.07, 6.45) is 3.91. The molecule has 1 atom stereocenters. The molecule has 1 aromatic heterocycles. The molecule has 33 heavy (non-hydrogen) atoms. The molecule has 3 heterocycles. The summed E-state index contributed by atoms with van der Waals surface area (Å²) < 4.78 is 39.4. The molecular formula is C23H18FN3O3S3. The van der Waals surface area contributed by atoms with E-state index in [4.69, 9.17) is 12.2 Å². The molecule has 0 N–H and O–H groups in total. The Kier molecular flexibility index (Phi) is 5.67. The lowest BCUT2D eigenvalue weighted by atomic mass is 10.1. The molecule has 2 aliphatic heterocycles. The van der Waals surface area contributed by atoms with Gasteiger partial charge in [0.25, 0.3) is 5.91 Å². The van der Waals surface area contributed by atoms with Gasteiger partial charge in [-0.15, -0.1) is 0 Å². The second kappa shape index (κ2) is 8.51. The van der Waals surface area contributed by atoms with Gasteiger partial charge >= 0.3 is 0 Å². The summed E-state index contributed by atoms with van der Waals surface area (Å²) in [5, 5.41) is 4.69. The molecule has 168 valence electrons. The zero-order valence-corrected chi connectivity index (χ0v) is 19.7. The van der Waals surface area contributed by atoms with Gasteiger partial charge in [-0.05, 0) is 48.9 Å². The van der Waals surface area contributed by atoms with E-state index in [-0.39, 0.29) is 23.2 Å². The van der Waals surface area contributed by atoms with Crippen LogP contribution in [0.5, 0.6) is 0 Å². The summed E-state index contributed by atoms with van der Waals surface area (Å²) in [4.78, 5) is 15.0. The van der Waals surface area contributed by atoms with Crippen LogP contribution >= 0.6 is 24.0 Å². The molecule has 0 saturated carbocycles. The summed E-state index contributed by atoms with van der Waals surface area (Å²) in [6.45, 7) is 0. The Balaban J connectivity index is 1.54. The summed E-state index contributed by atoms with van der Waals surface area (Å²) in [5.74, 6) is -0.661. The van der Waals surface area contributed by atoms with E-state index < -0.39 is 15.9 Å². The van der Waals surface area contributed by atoms with Crippen LogP contribution in [0, 0.1) is 5.82 Å². The third-order valence-electron chi connectivity index (χ3n) is 5.56. The molecule has 0 radical (unpaired) electrons. The van der Waals surface area contributed by atoms with Crippen molar-refractivity contribution in [2.24, 2.45) is 0 Å². The average Bonchev–Trinajstić information content (AvgIpc) is 3.45. The number of rotatable bonds is 4. The zero-order chi connectivity index (χ0) is 23.2. The van der Waals surface area contributed by atoms with Crippen LogP contribution in [0.15, 0.2) is 65.7 Å². The third kappa shape index (κ3) is 4.38. The fraction of sp³-hybridized carbons (Fsp3) is 0.174. The number of carbonyl (C=O) groups is 1. The number of amides is 1. The fourth-order valence-electron chi connectivity index (χ4n) is 3.95. The predicted molar refractivity (Wildman–Crippen MR) is 131 cm³/mol. The normalized spacial score (nSPS) is 21.3. The quantitative estimate of drug-likeness (QED) is 0.398. The molecule has 0 bridgehead atoms. The number of carbonyl (C=O) groups excluding carboxylic acids is 1. The van der Waals surface area contributed by atoms with Gasteiger partial charge in [-0.3, -0.25) is 9.69 Å². The van der Waals surface area contributed by atoms with Crippen molar-refractivity contribution < 1.29 is 17.6 Å². The predicted octanol–water partition coefficient (Wildman–Crippen LogP) is 4.07. The van der Waals surface area contributed by atoms with Gasteiger partial charge in [0.2, 0.25) is 0 Å². The number of thiocarbonyl (C=S) groups is 1. The molecule has 6 nitrogen and oxygen atoms in total. The first kappa shape index (κ1) is 22.0. The number of para-hydroxylation sites is 1. The lowest BCUT2D eigenvalue weighted by Crippen LogP contribution is -2.39. The highest BCUT2D eigenvalue weighted by molar-refractivity contribution is 8.26. The van der Waals surface area contributed by atoms with Crippen molar-refractivity contribution in [2.75, 3.05) is 11.5 Å². The lowest BCUT2D eigenvalue weighted by molar-refractivity contribution is -0.123. The highest BCUT2D eigenvalue weighted by Crippen LogP contribution is 2.37. The van der Waals surface area contributed by atoms with Crippen LogP contribution in [0.1, 0.15) is 12.0 Å². The minimum atomic E-state index is -3.16. The summed E-state index contributed by atoms with van der Waals surface area (Å²) in [5.41, 5.74) is 2.80. The number of hydrogen-bond donors (Lipinski definition) is 0. The third-order valence-corrected chi connectivity index (χ3v) is 8.65. The van der Waals surface area contributed by atoms with Crippen molar-refractivity contribution in [1.82, 2.24) is 14.7 Å². The summed E-state index contributed by atoms with van der Waals surface area (Å²) in [7, 11) is -3.16. The Morgan fingerprint density at radius 2 is 1.85 bits per heavy atom. The van der Waals surface area contributed by atoms with Gasteiger partial charge < -0.3 is 0 Å². The molecule has 0 aliphatic carbocycles. The smallest absolute Gasteiger partial charge is 0.266 e. The Morgan fingerprint density at radius 1 is 1.12 bits per heavy atom. The van der Waals surface area contributed by atoms with Gasteiger partial charge in [-0.25, -0.2) is 17.5 Å². The molecule has 2 aromatic carbocycles. The maximum absolute atomic E-state index is 13.5. The van der Waals surface area contributed by atoms with Gasteiger partial charge in [-0.1, -0.05) is 42.2 Å². The molecule has 10 heteroatoms. The molecule has 2 saturated heterocycles. The highest BCUT2D eigenvalue weighted by Gasteiger charge is 2.42. The molecule has 2 fully saturated rings. The largest absolute Gasteiger partial charge is 0.289 e. The van der Waals surface area contributed by atoms with Crippen molar-refractivity contribution in [3.8, 4) is 16.9 Å². The highest BCUT2D eigenvalue weighted by atomic mass is 32.2. The number of halogens is 1. The SMILES string of the molecule is O=C1C(=Cc2cn(-c3ccccc3)nc2-c2ccc(F)cc2)SC(=S)N1C1CCS(=O)(=O)C1. The standard InChI is InChI=1S/C23H18FN3O3S3/c24-17-8-6-15(7-9-17)21-16(13-26(25-21)18-4-2-1-3-5-18)12-20-22(28)27(23(31)32-20)19-10-11-33(29,30)14-19/h1-9,12-13,19H,10-11,14H2. The molecule has 3 aromatic rings. The lowest BCUT2D eigenvalue weighted by Gasteiger charge is -2.20. The van der Waals surface area contributed by atoms with Crippen LogP contribution in [0.2, 0.25) is 0 Å². The van der Waals surface area contributed by atoms with Crippen molar-refractivity contribution in [1.29, 1.82) is 0 Å². The number of benzene rings is 2. The van der Waals surface area contributed by atoms with Crippen molar-refractivity contribution >= 4 is 50.1 Å². The number of aromatic nitrogens is 2. The molecule has 2 aliphatic rings. The van der Waals surface area contributed by atoms with Gasteiger partial charge in [0, 0.05) is 17.3 Å². The fourth-order valence-corrected chi connectivity index (χ4v) is 7.04. The molecular weight excluding hydrogens is 481 g/mol. The molecule has 0 spiro atoms. The van der Waals surface area contributed by atoms with E-state index in [1.807, 2.05) is 30.3 Å². The van der Waals surface area contributed by atoms with Crippen molar-refractivity contribution in [2.45, 2.75) is 12.5 Å². The van der Waals surface area contributed by atoms with Crippen LogP contribution in [-0.4, -0.2) is 50.9 Å². The maximum Gasteiger partial charge on any atom is 0.266 e. The first-order valence-corrected chi connectivity index (χ1v) is 13.2. The Hall–Kier alpha value is -2.82. The van der Waals surface area contributed by atoms with E-state index in [2.05, 4.69) is 5.10 Å². The maximum atomic E-state index is 13.5. The van der Waals surface area contributed by atoms with E-state index in [1.165, 1.54) is 17.0 Å². The van der Waals surface area contributed by atoms with Crippen LogP contribution in [0.4, 0.5) is 4.39 Å². The Labute approximate surface area is 200 Å². The number of nitrogens with zero attached hydrogens (tertiary/aromatic N) is 3. The van der Waals surface area contributed by atoms with Gasteiger partial charge in [0.15, 0.2) is 9.84 Å². The van der Waals surface area contributed by atoms with Crippen LogP contribution in [0.25, 0.3) is 23.0 Å². The Bertz CT molecular complexity index is 1380. The van der Waals surface area contributed by atoms with Crippen molar-refractivity contribution in [3.05, 3.63) is 77.1 Å². The van der Waals surface area contributed by atoms with Gasteiger partial charge in [0.1, 0.15) is 10.1 Å². The first-order chi connectivity index (χ1) is 15.8.